The highest BCUT2D eigenvalue weighted by atomic mass is 32.1. The second-order valence-corrected chi connectivity index (χ2v) is 6.49. The minimum Gasteiger partial charge on any atom is -0.485 e. The Labute approximate surface area is 165 Å². The molecule has 0 aliphatic heterocycles. The van der Waals surface area contributed by atoms with E-state index in [4.69, 9.17) is 17.0 Å². The van der Waals surface area contributed by atoms with Crippen molar-refractivity contribution >= 4 is 12.2 Å². The molecule has 3 rings (SSSR count). The SMILES string of the molecule is Cc1ccccc1OCc1n[nH]c(=S)n1-c1cc(C(F)(F)F)cc(C(F)(F)F)c1. The second-order valence-electron chi connectivity index (χ2n) is 6.10. The number of aromatic nitrogens is 3. The molecule has 1 aromatic heterocycles. The molecule has 4 nitrogen and oxygen atoms in total. The fourth-order valence-electron chi connectivity index (χ4n) is 2.62. The second kappa shape index (κ2) is 7.54. The lowest BCUT2D eigenvalue weighted by molar-refractivity contribution is -0.143. The molecule has 0 bridgehead atoms. The Kier molecular flexibility index (Phi) is 5.44. The summed E-state index contributed by atoms with van der Waals surface area (Å²) in [5.74, 6) is 0.513. The summed E-state index contributed by atoms with van der Waals surface area (Å²) in [6.07, 6.45) is -9.94. The number of halogens is 6. The van der Waals surface area contributed by atoms with E-state index in [2.05, 4.69) is 10.2 Å². The molecular weight excluding hydrogens is 420 g/mol. The van der Waals surface area contributed by atoms with Crippen molar-refractivity contribution in [3.8, 4) is 11.4 Å². The number of H-pyrrole nitrogens is 1. The Balaban J connectivity index is 2.06. The van der Waals surface area contributed by atoms with Crippen LogP contribution in [0.5, 0.6) is 5.75 Å². The van der Waals surface area contributed by atoms with Crippen LogP contribution in [-0.4, -0.2) is 14.8 Å². The van der Waals surface area contributed by atoms with Crippen LogP contribution in [0, 0.1) is 11.7 Å². The van der Waals surface area contributed by atoms with Gasteiger partial charge in [0.25, 0.3) is 0 Å². The van der Waals surface area contributed by atoms with Gasteiger partial charge in [-0.1, -0.05) is 18.2 Å². The van der Waals surface area contributed by atoms with Gasteiger partial charge in [0.1, 0.15) is 12.4 Å². The highest BCUT2D eigenvalue weighted by Crippen LogP contribution is 2.37. The van der Waals surface area contributed by atoms with Crippen LogP contribution in [0.3, 0.4) is 0 Å². The summed E-state index contributed by atoms with van der Waals surface area (Å²) < 4.78 is 85.3. The fraction of sp³-hybridized carbons (Fsp3) is 0.222. The van der Waals surface area contributed by atoms with Crippen LogP contribution >= 0.6 is 12.2 Å². The summed E-state index contributed by atoms with van der Waals surface area (Å²) in [5.41, 5.74) is -2.52. The molecule has 0 fully saturated rings. The van der Waals surface area contributed by atoms with E-state index in [1.807, 2.05) is 0 Å². The summed E-state index contributed by atoms with van der Waals surface area (Å²) in [5, 5.41) is 6.26. The number of ether oxygens (including phenoxy) is 1. The molecule has 1 heterocycles. The van der Waals surface area contributed by atoms with E-state index in [-0.39, 0.29) is 23.3 Å². The number of hydrogen-bond donors (Lipinski definition) is 1. The Bertz CT molecular complexity index is 1050. The molecule has 2 aromatic carbocycles. The van der Waals surface area contributed by atoms with Crippen LogP contribution in [0.2, 0.25) is 0 Å². The molecule has 0 atom stereocenters. The highest BCUT2D eigenvalue weighted by molar-refractivity contribution is 7.71. The zero-order chi connectivity index (χ0) is 21.4. The van der Waals surface area contributed by atoms with Gasteiger partial charge in [0, 0.05) is 0 Å². The predicted octanol–water partition coefficient (Wildman–Crippen LogP) is 5.85. The maximum atomic E-state index is 13.1. The number of para-hydroxylation sites is 1. The van der Waals surface area contributed by atoms with E-state index in [1.165, 1.54) is 0 Å². The van der Waals surface area contributed by atoms with E-state index in [0.717, 1.165) is 10.1 Å². The van der Waals surface area contributed by atoms with Gasteiger partial charge in [0.2, 0.25) is 0 Å². The molecule has 1 N–H and O–H groups in total. The first-order chi connectivity index (χ1) is 13.5. The van der Waals surface area contributed by atoms with Crippen molar-refractivity contribution in [1.29, 1.82) is 0 Å². The molecule has 154 valence electrons. The van der Waals surface area contributed by atoms with Crippen LogP contribution < -0.4 is 4.74 Å². The summed E-state index contributed by atoms with van der Waals surface area (Å²) >= 11 is 5.01. The van der Waals surface area contributed by atoms with Crippen molar-refractivity contribution in [3.05, 3.63) is 69.8 Å². The molecule has 11 heteroatoms. The van der Waals surface area contributed by atoms with Crippen LogP contribution in [0.25, 0.3) is 5.69 Å². The molecule has 0 unspecified atom stereocenters. The summed E-state index contributed by atoms with van der Waals surface area (Å²) in [4.78, 5) is 0. The number of nitrogens with one attached hydrogen (secondary N) is 1. The number of aryl methyl sites for hydroxylation is 1. The standard InChI is InChI=1S/C18H13F6N3OS/c1-10-4-2-3-5-14(10)28-9-15-25-26-16(29)27(15)13-7-11(17(19,20)21)6-12(8-13)18(22,23)24/h2-8H,9H2,1H3,(H,26,29). The highest BCUT2D eigenvalue weighted by Gasteiger charge is 2.37. The number of benzene rings is 2. The Morgan fingerprint density at radius 1 is 1.00 bits per heavy atom. The van der Waals surface area contributed by atoms with Crippen molar-refractivity contribution in [1.82, 2.24) is 14.8 Å². The summed E-state index contributed by atoms with van der Waals surface area (Å²) in [7, 11) is 0. The van der Waals surface area contributed by atoms with Crippen molar-refractivity contribution < 1.29 is 31.1 Å². The molecule has 29 heavy (non-hydrogen) atoms. The molecule has 3 aromatic rings. The van der Waals surface area contributed by atoms with Gasteiger partial charge in [-0.3, -0.25) is 9.67 Å². The van der Waals surface area contributed by atoms with Crippen molar-refractivity contribution in [2.24, 2.45) is 0 Å². The lowest BCUT2D eigenvalue weighted by atomic mass is 10.1. The maximum absolute atomic E-state index is 13.1. The van der Waals surface area contributed by atoms with E-state index in [1.54, 1.807) is 31.2 Å². The van der Waals surface area contributed by atoms with Gasteiger partial charge < -0.3 is 4.74 Å². The van der Waals surface area contributed by atoms with Crippen molar-refractivity contribution in [2.45, 2.75) is 25.9 Å². The number of nitrogens with zero attached hydrogens (tertiary/aromatic N) is 2. The number of alkyl halides is 6. The third-order valence-corrected chi connectivity index (χ3v) is 4.30. The molecule has 0 aliphatic carbocycles. The largest absolute Gasteiger partial charge is 0.485 e. The molecular formula is C18H13F6N3OS. The van der Waals surface area contributed by atoms with Gasteiger partial charge in [-0.25, -0.2) is 0 Å². The number of rotatable bonds is 4. The minimum atomic E-state index is -4.97. The van der Waals surface area contributed by atoms with Gasteiger partial charge in [-0.2, -0.15) is 31.4 Å². The molecule has 0 saturated carbocycles. The third-order valence-electron chi connectivity index (χ3n) is 4.02. The van der Waals surface area contributed by atoms with E-state index < -0.39 is 29.2 Å². The first-order valence-corrected chi connectivity index (χ1v) is 8.52. The van der Waals surface area contributed by atoms with Gasteiger partial charge >= 0.3 is 12.4 Å². The smallest absolute Gasteiger partial charge is 0.416 e. The topological polar surface area (TPSA) is 42.8 Å². The lowest BCUT2D eigenvalue weighted by Crippen LogP contribution is -2.14. The first kappa shape index (κ1) is 20.9. The van der Waals surface area contributed by atoms with E-state index >= 15 is 0 Å². The van der Waals surface area contributed by atoms with E-state index in [0.29, 0.717) is 17.9 Å². The Morgan fingerprint density at radius 2 is 1.59 bits per heavy atom. The van der Waals surface area contributed by atoms with Gasteiger partial charge in [0.15, 0.2) is 10.6 Å². The van der Waals surface area contributed by atoms with Crippen LogP contribution in [0.1, 0.15) is 22.5 Å². The summed E-state index contributed by atoms with van der Waals surface area (Å²) in [6, 6.07) is 8.19. The van der Waals surface area contributed by atoms with Gasteiger partial charge in [-0.15, -0.1) is 0 Å². The molecule has 0 spiro atoms. The van der Waals surface area contributed by atoms with Crippen LogP contribution in [0.15, 0.2) is 42.5 Å². The normalized spacial score (nSPS) is 12.2. The van der Waals surface area contributed by atoms with Gasteiger partial charge in [-0.05, 0) is 49.0 Å². The summed E-state index contributed by atoms with van der Waals surface area (Å²) in [6.45, 7) is 1.56. The van der Waals surface area contributed by atoms with Crippen LogP contribution in [-0.2, 0) is 19.0 Å². The number of aromatic amines is 1. The number of hydrogen-bond acceptors (Lipinski definition) is 3. The quantitative estimate of drug-likeness (QED) is 0.414. The van der Waals surface area contributed by atoms with Crippen LogP contribution in [0.4, 0.5) is 26.3 Å². The molecule has 0 radical (unpaired) electrons. The Hall–Kier alpha value is -2.82. The Morgan fingerprint density at radius 3 is 2.14 bits per heavy atom. The zero-order valence-electron chi connectivity index (χ0n) is 14.7. The first-order valence-electron chi connectivity index (χ1n) is 8.11. The zero-order valence-corrected chi connectivity index (χ0v) is 15.5. The lowest BCUT2D eigenvalue weighted by Gasteiger charge is -2.16. The van der Waals surface area contributed by atoms with Crippen molar-refractivity contribution in [3.63, 3.8) is 0 Å². The predicted molar refractivity (Wildman–Crippen MR) is 94.3 cm³/mol. The molecule has 0 aliphatic rings. The van der Waals surface area contributed by atoms with Crippen molar-refractivity contribution in [2.75, 3.05) is 0 Å². The maximum Gasteiger partial charge on any atom is 0.416 e. The average Bonchev–Trinajstić information content (AvgIpc) is 3.00. The molecule has 0 amide bonds. The average molecular weight is 433 g/mol. The monoisotopic (exact) mass is 433 g/mol. The third kappa shape index (κ3) is 4.61. The molecule has 0 saturated heterocycles. The van der Waals surface area contributed by atoms with Gasteiger partial charge in [0.05, 0.1) is 16.8 Å². The fourth-order valence-corrected chi connectivity index (χ4v) is 2.88. The minimum absolute atomic E-state index is 0.0192. The van der Waals surface area contributed by atoms with E-state index in [9.17, 15) is 26.3 Å².